The van der Waals surface area contributed by atoms with Gasteiger partial charge in [0.2, 0.25) is 5.91 Å². The average molecular weight is 810 g/mol. The Morgan fingerprint density at radius 2 is 1.47 bits per heavy atom. The van der Waals surface area contributed by atoms with E-state index in [4.69, 9.17) is 9.47 Å². The van der Waals surface area contributed by atoms with Crippen LogP contribution in [0.3, 0.4) is 0 Å². The SMILES string of the molecule is C[C@@H]1[C@H](CN2CCC3(CC2)C(=O)NCN3c2ccccc2)O[C@H](c2ccc(-c3ccccc3CNC(=O)NC34CC5CC(CC(C5)C3)C4)cc2)O[C@@H]1c1ccc(CO)cc1. The van der Waals surface area contributed by atoms with E-state index in [1.54, 1.807) is 0 Å². The molecule has 0 radical (unpaired) electrons. The Kier molecular flexibility index (Phi) is 10.7. The molecule has 3 amide bonds. The van der Waals surface area contributed by atoms with E-state index in [2.05, 4.69) is 99.4 Å². The Bertz CT molecular complexity index is 2120. The predicted molar refractivity (Wildman–Crippen MR) is 231 cm³/mol. The fourth-order valence-electron chi connectivity index (χ4n) is 12.2. The summed E-state index contributed by atoms with van der Waals surface area (Å²) in [6.07, 6.45) is 8.00. The summed E-state index contributed by atoms with van der Waals surface area (Å²) in [5.74, 6) is 2.50. The van der Waals surface area contributed by atoms with Crippen molar-refractivity contribution in [2.75, 3.05) is 31.2 Å². The van der Waals surface area contributed by atoms with Gasteiger partial charge in [-0.25, -0.2) is 4.79 Å². The maximum atomic E-state index is 13.4. The Morgan fingerprint density at radius 3 is 2.15 bits per heavy atom. The highest BCUT2D eigenvalue weighted by Crippen LogP contribution is 2.55. The number of rotatable bonds is 10. The van der Waals surface area contributed by atoms with E-state index in [0.29, 0.717) is 13.2 Å². The molecule has 3 aliphatic heterocycles. The minimum atomic E-state index is -0.585. The Balaban J connectivity index is 0.831. The fourth-order valence-corrected chi connectivity index (χ4v) is 12.2. The predicted octanol–water partition coefficient (Wildman–Crippen LogP) is 7.83. The Morgan fingerprint density at radius 1 is 0.817 bits per heavy atom. The van der Waals surface area contributed by atoms with Crippen LogP contribution >= 0.6 is 0 Å². The lowest BCUT2D eigenvalue weighted by molar-refractivity contribution is -0.276. The number of piperidine rings is 1. The van der Waals surface area contributed by atoms with Crippen LogP contribution in [0.2, 0.25) is 0 Å². The highest BCUT2D eigenvalue weighted by molar-refractivity contribution is 5.93. The monoisotopic (exact) mass is 809 g/mol. The minimum Gasteiger partial charge on any atom is -0.392 e. The summed E-state index contributed by atoms with van der Waals surface area (Å²) >= 11 is 0. The number of hydrogen-bond acceptors (Lipinski definition) is 7. The first kappa shape index (κ1) is 39.4. The summed E-state index contributed by atoms with van der Waals surface area (Å²) in [5.41, 5.74) is 6.59. The van der Waals surface area contributed by atoms with E-state index in [-0.39, 0.29) is 42.2 Å². The Labute approximate surface area is 354 Å². The molecule has 7 aliphatic rings. The van der Waals surface area contributed by atoms with Crippen molar-refractivity contribution in [3.8, 4) is 11.1 Å². The standard InChI is InChI=1S/C50H59N5O5/c1-33-44(30-54-21-19-50(20-22-54)47(57)52-32-55(50)42-8-3-2-4-9-42)59-46(60-45(33)39-13-11-34(31-56)12-14-39)40-17-15-38(16-18-40)43-10-6-5-7-41(43)29-51-48(58)53-49-26-35-23-36(27-49)25-37(24-35)28-49/h2-18,33,35-37,44-46,56H,19-32H2,1H3,(H,52,57)(H2,51,53,58)/t33-,35?,36?,37?,44+,45+,46+,49?/m1/s1. The molecular weight excluding hydrogens is 751 g/mol. The number of nitrogens with one attached hydrogen (secondary N) is 3. The van der Waals surface area contributed by atoms with E-state index in [1.807, 2.05) is 36.4 Å². The molecule has 11 rings (SSSR count). The number of para-hydroxylation sites is 1. The van der Waals surface area contributed by atoms with Gasteiger partial charge in [-0.3, -0.25) is 4.79 Å². The highest BCUT2D eigenvalue weighted by atomic mass is 16.7. The molecule has 0 unspecified atom stereocenters. The van der Waals surface area contributed by atoms with Gasteiger partial charge in [-0.2, -0.15) is 0 Å². The number of hydrogen-bond donors (Lipinski definition) is 4. The molecule has 3 heterocycles. The molecule has 4 N–H and O–H groups in total. The second-order valence-corrected chi connectivity index (χ2v) is 18.9. The third-order valence-electron chi connectivity index (χ3n) is 15.0. The molecule has 3 saturated heterocycles. The average Bonchev–Trinajstić information content (AvgIpc) is 3.58. The van der Waals surface area contributed by atoms with E-state index < -0.39 is 11.8 Å². The third-order valence-corrected chi connectivity index (χ3v) is 15.0. The number of ether oxygens (including phenoxy) is 2. The Hall–Kier alpha value is -4.74. The molecule has 1 spiro atoms. The quantitative estimate of drug-likeness (QED) is 0.129. The van der Waals surface area contributed by atoms with Gasteiger partial charge in [-0.1, -0.05) is 97.9 Å². The molecule has 4 saturated carbocycles. The van der Waals surface area contributed by atoms with E-state index >= 15 is 0 Å². The van der Waals surface area contributed by atoms with Crippen molar-refractivity contribution in [3.05, 3.63) is 125 Å². The van der Waals surface area contributed by atoms with Gasteiger partial charge in [0.1, 0.15) is 5.54 Å². The van der Waals surface area contributed by atoms with Crippen LogP contribution in [0.15, 0.2) is 103 Å². The van der Waals surface area contributed by atoms with Gasteiger partial charge in [-0.05, 0) is 109 Å². The zero-order chi connectivity index (χ0) is 40.8. The van der Waals surface area contributed by atoms with Crippen LogP contribution in [0.4, 0.5) is 10.5 Å². The van der Waals surface area contributed by atoms with Crippen LogP contribution in [0, 0.1) is 23.7 Å². The zero-order valence-corrected chi connectivity index (χ0v) is 34.7. The second kappa shape index (κ2) is 16.3. The topological polar surface area (TPSA) is 115 Å². The molecule has 4 atom stereocenters. The zero-order valence-electron chi connectivity index (χ0n) is 34.7. The summed E-state index contributed by atoms with van der Waals surface area (Å²) in [7, 11) is 0. The summed E-state index contributed by atoms with van der Waals surface area (Å²) in [5, 5.41) is 19.6. The molecule has 4 aromatic rings. The largest absolute Gasteiger partial charge is 0.392 e. The highest BCUT2D eigenvalue weighted by Gasteiger charge is 2.52. The first-order chi connectivity index (χ1) is 29.3. The summed E-state index contributed by atoms with van der Waals surface area (Å²) in [6, 6.07) is 35.0. The van der Waals surface area contributed by atoms with Gasteiger partial charge < -0.3 is 40.3 Å². The minimum absolute atomic E-state index is 0.00747. The molecule has 314 valence electrons. The lowest BCUT2D eigenvalue weighted by atomic mass is 9.53. The van der Waals surface area contributed by atoms with Crippen LogP contribution in [0.1, 0.15) is 92.9 Å². The lowest BCUT2D eigenvalue weighted by Crippen LogP contribution is -2.61. The molecule has 7 fully saturated rings. The summed E-state index contributed by atoms with van der Waals surface area (Å²) < 4.78 is 13.7. The molecule has 10 nitrogen and oxygen atoms in total. The van der Waals surface area contributed by atoms with Gasteiger partial charge in [0, 0.05) is 48.9 Å². The number of benzene rings is 4. The fraction of sp³-hybridized carbons (Fsp3) is 0.480. The first-order valence-electron chi connectivity index (χ1n) is 22.3. The molecule has 4 bridgehead atoms. The number of urea groups is 1. The number of carbonyl (C=O) groups is 2. The van der Waals surface area contributed by atoms with Gasteiger partial charge in [0.15, 0.2) is 6.29 Å². The summed E-state index contributed by atoms with van der Waals surface area (Å²) in [4.78, 5) is 31.4. The number of carbonyl (C=O) groups excluding carboxylic acids is 2. The molecule has 60 heavy (non-hydrogen) atoms. The maximum absolute atomic E-state index is 13.4. The maximum Gasteiger partial charge on any atom is 0.315 e. The summed E-state index contributed by atoms with van der Waals surface area (Å²) in [6.45, 7) is 5.48. The van der Waals surface area contributed by atoms with E-state index in [9.17, 15) is 14.7 Å². The number of anilines is 1. The van der Waals surface area contributed by atoms with Crippen molar-refractivity contribution in [1.82, 2.24) is 20.9 Å². The van der Waals surface area contributed by atoms with Crippen LogP contribution in [0.5, 0.6) is 0 Å². The van der Waals surface area contributed by atoms with Crippen LogP contribution < -0.4 is 20.9 Å². The van der Waals surface area contributed by atoms with Gasteiger partial charge >= 0.3 is 6.03 Å². The molecule has 4 aromatic carbocycles. The molecule has 10 heteroatoms. The smallest absolute Gasteiger partial charge is 0.315 e. The second-order valence-electron chi connectivity index (χ2n) is 18.9. The van der Waals surface area contributed by atoms with Gasteiger partial charge in [0.05, 0.1) is 25.5 Å². The van der Waals surface area contributed by atoms with Gasteiger partial charge in [-0.15, -0.1) is 0 Å². The number of aliphatic hydroxyl groups excluding tert-OH is 1. The number of likely N-dealkylation sites (tertiary alicyclic amines) is 1. The lowest BCUT2D eigenvalue weighted by Gasteiger charge is -2.56. The van der Waals surface area contributed by atoms with Gasteiger partial charge in [0.25, 0.3) is 0 Å². The van der Waals surface area contributed by atoms with Crippen molar-refractivity contribution in [1.29, 1.82) is 0 Å². The van der Waals surface area contributed by atoms with E-state index in [1.165, 1.54) is 19.3 Å². The number of nitrogens with zero attached hydrogens (tertiary/aromatic N) is 2. The third kappa shape index (κ3) is 7.61. The van der Waals surface area contributed by atoms with Crippen LogP contribution in [-0.4, -0.2) is 65.4 Å². The molecule has 4 aliphatic carbocycles. The van der Waals surface area contributed by atoms with Crippen LogP contribution in [-0.2, 0) is 27.4 Å². The number of aliphatic hydroxyl groups is 1. The molecule has 0 aromatic heterocycles. The van der Waals surface area contributed by atoms with Crippen molar-refractivity contribution in [3.63, 3.8) is 0 Å². The number of amides is 3. The van der Waals surface area contributed by atoms with Crippen molar-refractivity contribution < 1.29 is 24.2 Å². The normalized spacial score (nSPS) is 30.7. The van der Waals surface area contributed by atoms with Crippen molar-refractivity contribution in [2.45, 2.75) is 101 Å². The van der Waals surface area contributed by atoms with Crippen LogP contribution in [0.25, 0.3) is 11.1 Å². The first-order valence-corrected chi connectivity index (χ1v) is 22.3. The van der Waals surface area contributed by atoms with Crippen molar-refractivity contribution >= 4 is 17.6 Å². The van der Waals surface area contributed by atoms with E-state index in [0.717, 1.165) is 109 Å². The van der Waals surface area contributed by atoms with Crippen molar-refractivity contribution in [2.24, 2.45) is 23.7 Å². The molecular formula is C50H59N5O5.